The van der Waals surface area contributed by atoms with Crippen molar-refractivity contribution < 1.29 is 39.4 Å². The van der Waals surface area contributed by atoms with Gasteiger partial charge in [0, 0.05) is 12.5 Å². The summed E-state index contributed by atoms with van der Waals surface area (Å²) < 4.78 is 16.0. The lowest BCUT2D eigenvalue weighted by molar-refractivity contribution is -0.308. The summed E-state index contributed by atoms with van der Waals surface area (Å²) in [6.07, 6.45) is -2.29. The van der Waals surface area contributed by atoms with E-state index in [4.69, 9.17) is 19.3 Å². The summed E-state index contributed by atoms with van der Waals surface area (Å²) in [6.45, 7) is -0.515. The first-order chi connectivity index (χ1) is 10.5. The molecule has 1 fully saturated rings. The molecule has 0 spiro atoms. The largest absolute Gasteiger partial charge is 0.454 e. The van der Waals surface area contributed by atoms with Gasteiger partial charge in [0.2, 0.25) is 0 Å². The average Bonchev–Trinajstić information content (AvgIpc) is 2.87. The number of carbonyl (C=O) groups excluding carboxylic acids is 1. The second kappa shape index (κ2) is 6.07. The zero-order chi connectivity index (χ0) is 15.9. The molecule has 3 rings (SSSR count). The zero-order valence-corrected chi connectivity index (χ0v) is 11.6. The molecule has 0 aromatic heterocycles. The molecule has 2 aliphatic heterocycles. The highest BCUT2D eigenvalue weighted by Crippen LogP contribution is 2.30. The molecule has 1 saturated heterocycles. The number of esters is 1. The average molecular weight is 314 g/mol. The van der Waals surface area contributed by atoms with Gasteiger partial charge >= 0.3 is 5.97 Å². The van der Waals surface area contributed by atoms with Gasteiger partial charge in [-0.25, -0.2) is 4.79 Å². The lowest BCUT2D eigenvalue weighted by Gasteiger charge is -2.41. The topological polar surface area (TPSA) is 126 Å². The summed E-state index contributed by atoms with van der Waals surface area (Å²) in [6, 6.07) is 0. The van der Waals surface area contributed by atoms with Gasteiger partial charge in [-0.1, -0.05) is 12.2 Å². The summed E-state index contributed by atoms with van der Waals surface area (Å²) >= 11 is 0. The summed E-state index contributed by atoms with van der Waals surface area (Å²) in [5.41, 5.74) is 0.763. The van der Waals surface area contributed by atoms with Crippen LogP contribution < -0.4 is 0 Å². The summed E-state index contributed by atoms with van der Waals surface area (Å²) in [5, 5.41) is 38.5. The Morgan fingerprint density at radius 3 is 2.73 bits per heavy atom. The van der Waals surface area contributed by atoms with Gasteiger partial charge in [0.1, 0.15) is 30.5 Å². The van der Waals surface area contributed by atoms with Crippen molar-refractivity contribution in [2.45, 2.75) is 49.3 Å². The molecule has 0 radical (unpaired) electrons. The van der Waals surface area contributed by atoms with Crippen LogP contribution in [0, 0.1) is 0 Å². The van der Waals surface area contributed by atoms with Crippen LogP contribution in [0.2, 0.25) is 0 Å². The van der Waals surface area contributed by atoms with Crippen molar-refractivity contribution in [3.05, 3.63) is 23.8 Å². The molecule has 4 N–H and O–H groups in total. The number of fused-ring (bicyclic) bond motifs is 1. The molecular formula is C14H18O8. The molecule has 0 amide bonds. The van der Waals surface area contributed by atoms with Crippen molar-refractivity contribution in [3.8, 4) is 0 Å². The summed E-state index contributed by atoms with van der Waals surface area (Å²) in [7, 11) is 0. The molecule has 0 aromatic rings. The number of aliphatic hydroxyl groups is 4. The highest BCUT2D eigenvalue weighted by molar-refractivity contribution is 5.86. The third kappa shape index (κ3) is 2.81. The van der Waals surface area contributed by atoms with Gasteiger partial charge in [-0.05, 0) is 5.57 Å². The summed E-state index contributed by atoms with van der Waals surface area (Å²) in [5.74, 6) is -0.404. The molecule has 22 heavy (non-hydrogen) atoms. The van der Waals surface area contributed by atoms with E-state index < -0.39 is 55.5 Å². The van der Waals surface area contributed by atoms with Crippen LogP contribution in [0.5, 0.6) is 0 Å². The highest BCUT2D eigenvalue weighted by Gasteiger charge is 2.45. The molecule has 1 aliphatic carbocycles. The van der Waals surface area contributed by atoms with E-state index in [1.807, 2.05) is 0 Å². The first kappa shape index (κ1) is 15.6. The highest BCUT2D eigenvalue weighted by atomic mass is 16.7. The van der Waals surface area contributed by atoms with E-state index in [0.29, 0.717) is 6.42 Å². The van der Waals surface area contributed by atoms with E-state index in [-0.39, 0.29) is 0 Å². The number of carbonyl (C=O) groups is 1. The van der Waals surface area contributed by atoms with Gasteiger partial charge in [0.05, 0.1) is 12.7 Å². The molecule has 2 heterocycles. The fraction of sp³-hybridized carbons (Fsp3) is 0.643. The Kier molecular flexibility index (Phi) is 4.31. The lowest BCUT2D eigenvalue weighted by Crippen LogP contribution is -2.59. The van der Waals surface area contributed by atoms with Gasteiger partial charge in [-0.2, -0.15) is 0 Å². The molecule has 7 atom stereocenters. The van der Waals surface area contributed by atoms with Crippen LogP contribution in [-0.2, 0) is 19.0 Å². The molecule has 8 heteroatoms. The summed E-state index contributed by atoms with van der Waals surface area (Å²) in [4.78, 5) is 11.2. The molecule has 0 aromatic carbocycles. The second-order valence-corrected chi connectivity index (χ2v) is 5.54. The second-order valence-electron chi connectivity index (χ2n) is 5.54. The van der Waals surface area contributed by atoms with E-state index in [2.05, 4.69) is 0 Å². The fourth-order valence-corrected chi connectivity index (χ4v) is 2.77. The Balaban J connectivity index is 1.65. The van der Waals surface area contributed by atoms with E-state index >= 15 is 0 Å². The predicted octanol–water partition coefficient (Wildman–Crippen LogP) is -2.02. The molecule has 0 unspecified atom stereocenters. The molecule has 3 aliphatic rings. The normalized spacial score (nSPS) is 44.5. The van der Waals surface area contributed by atoms with Crippen molar-refractivity contribution in [2.75, 3.05) is 6.61 Å². The van der Waals surface area contributed by atoms with Crippen LogP contribution in [0.3, 0.4) is 0 Å². The van der Waals surface area contributed by atoms with Crippen LogP contribution in [0.1, 0.15) is 6.42 Å². The first-order valence-corrected chi connectivity index (χ1v) is 7.06. The van der Waals surface area contributed by atoms with Crippen LogP contribution in [0.25, 0.3) is 0 Å². The Hall–Kier alpha value is -1.29. The van der Waals surface area contributed by atoms with Crippen LogP contribution in [-0.4, -0.2) is 75.9 Å². The maximum atomic E-state index is 11.2. The van der Waals surface area contributed by atoms with E-state index in [9.17, 15) is 20.1 Å². The molecule has 122 valence electrons. The van der Waals surface area contributed by atoms with Crippen LogP contribution in [0.15, 0.2) is 23.8 Å². The zero-order valence-electron chi connectivity index (χ0n) is 11.6. The minimum Gasteiger partial charge on any atom is -0.454 e. The Labute approximate surface area is 126 Å². The predicted molar refractivity (Wildman–Crippen MR) is 70.4 cm³/mol. The molecule has 0 saturated carbocycles. The number of hydrogen-bond acceptors (Lipinski definition) is 8. The van der Waals surface area contributed by atoms with Gasteiger partial charge in [-0.3, -0.25) is 0 Å². The third-order valence-corrected chi connectivity index (χ3v) is 4.02. The third-order valence-electron chi connectivity index (χ3n) is 4.02. The van der Waals surface area contributed by atoms with Crippen molar-refractivity contribution in [3.63, 3.8) is 0 Å². The quantitative estimate of drug-likeness (QED) is 0.440. The number of hydrogen-bond donors (Lipinski definition) is 4. The van der Waals surface area contributed by atoms with E-state index in [0.717, 1.165) is 5.57 Å². The first-order valence-electron chi connectivity index (χ1n) is 7.06. The lowest BCUT2D eigenvalue weighted by atomic mass is 9.96. The Morgan fingerprint density at radius 1 is 1.23 bits per heavy atom. The van der Waals surface area contributed by atoms with Crippen LogP contribution >= 0.6 is 0 Å². The Bertz CT molecular complexity index is 499. The maximum absolute atomic E-state index is 11.2. The Morgan fingerprint density at radius 2 is 2.00 bits per heavy atom. The molecular weight excluding hydrogens is 296 g/mol. The van der Waals surface area contributed by atoms with Gasteiger partial charge in [-0.15, -0.1) is 0 Å². The van der Waals surface area contributed by atoms with Crippen molar-refractivity contribution in [1.82, 2.24) is 0 Å². The van der Waals surface area contributed by atoms with Crippen molar-refractivity contribution >= 4 is 5.97 Å². The minimum absolute atomic E-state index is 0.364. The van der Waals surface area contributed by atoms with Gasteiger partial charge in [0.15, 0.2) is 6.29 Å². The number of ether oxygens (including phenoxy) is 3. The van der Waals surface area contributed by atoms with E-state index in [1.54, 1.807) is 12.2 Å². The van der Waals surface area contributed by atoms with Gasteiger partial charge in [0.25, 0.3) is 0 Å². The maximum Gasteiger partial charge on any atom is 0.331 e. The van der Waals surface area contributed by atoms with Crippen LogP contribution in [0.4, 0.5) is 0 Å². The molecule has 8 nitrogen and oxygen atoms in total. The van der Waals surface area contributed by atoms with Crippen molar-refractivity contribution in [2.24, 2.45) is 0 Å². The fourth-order valence-electron chi connectivity index (χ4n) is 2.77. The minimum atomic E-state index is -1.48. The number of aliphatic hydroxyl groups excluding tert-OH is 4. The van der Waals surface area contributed by atoms with E-state index in [1.165, 1.54) is 6.08 Å². The molecule has 0 bridgehead atoms. The number of rotatable bonds is 3. The van der Waals surface area contributed by atoms with Gasteiger partial charge < -0.3 is 34.6 Å². The standard InChI is InChI=1S/C14H18O8/c15-5-9-11(17)12(18)13(19)14(22-9)20-7-2-1-6-3-10(16)21-8(6)4-7/h1-3,7-9,11-15,17-19H,4-5H2/t7-,8-,9+,11+,12-,13+,14+/m0/s1. The monoisotopic (exact) mass is 314 g/mol. The smallest absolute Gasteiger partial charge is 0.331 e. The SMILES string of the molecule is O=C1C=C2C=C[C@H](O[C@@H]3O[C@H](CO)[C@@H](O)[C@H](O)[C@H]3O)C[C@@H]2O1. The van der Waals surface area contributed by atoms with Crippen molar-refractivity contribution in [1.29, 1.82) is 0 Å².